The molecule has 0 aromatic heterocycles. The predicted molar refractivity (Wildman–Crippen MR) is 75.0 cm³/mol. The molecule has 2 rings (SSSR count). The van der Waals surface area contributed by atoms with Crippen molar-refractivity contribution >= 4 is 11.8 Å². The molecule has 0 aromatic carbocycles. The lowest BCUT2D eigenvalue weighted by Gasteiger charge is -2.32. The quantitative estimate of drug-likeness (QED) is 0.795. The number of halogens is 3. The Morgan fingerprint density at radius 1 is 0.909 bits per heavy atom. The van der Waals surface area contributed by atoms with Gasteiger partial charge in [-0.2, -0.15) is 13.2 Å². The van der Waals surface area contributed by atoms with Gasteiger partial charge < -0.3 is 10.2 Å². The molecule has 1 aliphatic carbocycles. The minimum atomic E-state index is -4.82. The summed E-state index contributed by atoms with van der Waals surface area (Å²) in [6.07, 6.45) is 2.38. The average Bonchev–Trinajstić information content (AvgIpc) is 2.74. The molecule has 0 bridgehead atoms. The molecule has 2 amide bonds. The summed E-state index contributed by atoms with van der Waals surface area (Å²) in [5.74, 6) is -2.14. The topological polar surface area (TPSA) is 49.4 Å². The molecule has 2 aliphatic rings. The summed E-state index contributed by atoms with van der Waals surface area (Å²) < 4.78 is 37.1. The van der Waals surface area contributed by atoms with Crippen LogP contribution in [-0.2, 0) is 9.59 Å². The minimum absolute atomic E-state index is 0.00109. The summed E-state index contributed by atoms with van der Waals surface area (Å²) in [5, 5.41) is 3.04. The maximum atomic E-state index is 12.4. The molecule has 4 nitrogen and oxygen atoms in total. The van der Waals surface area contributed by atoms with Crippen LogP contribution >= 0.6 is 0 Å². The Kier molecular flexibility index (Phi) is 5.69. The molecule has 0 aromatic rings. The molecule has 0 unspecified atom stereocenters. The average molecular weight is 320 g/mol. The van der Waals surface area contributed by atoms with Crippen LogP contribution in [-0.4, -0.2) is 42.0 Å². The van der Waals surface area contributed by atoms with Crippen molar-refractivity contribution in [3.05, 3.63) is 0 Å². The lowest BCUT2D eigenvalue weighted by Crippen LogP contribution is -2.48. The normalized spacial score (nSPS) is 22.2. The smallest absolute Gasteiger partial charge is 0.353 e. The molecule has 1 N–H and O–H groups in total. The third kappa shape index (κ3) is 4.61. The Morgan fingerprint density at radius 2 is 1.45 bits per heavy atom. The Labute approximate surface area is 128 Å². The number of carbonyl (C=O) groups is 2. The van der Waals surface area contributed by atoms with E-state index in [1.54, 1.807) is 0 Å². The fourth-order valence-electron chi connectivity index (χ4n) is 3.27. The fraction of sp³-hybridized carbons (Fsp3) is 0.867. The van der Waals surface area contributed by atoms with E-state index >= 15 is 0 Å². The van der Waals surface area contributed by atoms with Crippen LogP contribution in [0.3, 0.4) is 0 Å². The lowest BCUT2D eigenvalue weighted by molar-refractivity contribution is -0.186. The highest BCUT2D eigenvalue weighted by Gasteiger charge is 2.43. The van der Waals surface area contributed by atoms with Gasteiger partial charge in [-0.05, 0) is 25.7 Å². The van der Waals surface area contributed by atoms with Gasteiger partial charge in [0, 0.05) is 25.0 Å². The van der Waals surface area contributed by atoms with Crippen molar-refractivity contribution in [2.45, 2.75) is 63.6 Å². The number of likely N-dealkylation sites (tertiary alicyclic amines) is 1. The van der Waals surface area contributed by atoms with Crippen LogP contribution in [0.1, 0.15) is 51.4 Å². The first kappa shape index (κ1) is 17.1. The van der Waals surface area contributed by atoms with Crippen molar-refractivity contribution < 1.29 is 22.8 Å². The molecule has 126 valence electrons. The van der Waals surface area contributed by atoms with Gasteiger partial charge in [0.25, 0.3) is 0 Å². The van der Waals surface area contributed by atoms with Gasteiger partial charge in [-0.1, -0.05) is 25.7 Å². The fourth-order valence-corrected chi connectivity index (χ4v) is 3.27. The molecular formula is C15H23F3N2O2. The number of nitrogens with one attached hydrogen (secondary N) is 1. The number of hydrogen-bond donors (Lipinski definition) is 1. The highest BCUT2D eigenvalue weighted by Crippen LogP contribution is 2.24. The van der Waals surface area contributed by atoms with E-state index < -0.39 is 12.1 Å². The molecule has 1 aliphatic heterocycles. The summed E-state index contributed by atoms with van der Waals surface area (Å²) in [6, 6.07) is 0.199. The molecular weight excluding hydrogens is 297 g/mol. The number of rotatable bonds is 2. The number of alkyl halides is 3. The lowest BCUT2D eigenvalue weighted by atomic mass is 9.95. The summed E-state index contributed by atoms with van der Waals surface area (Å²) in [5.41, 5.74) is 0. The van der Waals surface area contributed by atoms with Crippen molar-refractivity contribution in [1.29, 1.82) is 0 Å². The van der Waals surface area contributed by atoms with E-state index in [0.717, 1.165) is 30.6 Å². The first-order chi connectivity index (χ1) is 10.4. The van der Waals surface area contributed by atoms with Crippen LogP contribution in [0.2, 0.25) is 0 Å². The van der Waals surface area contributed by atoms with E-state index in [9.17, 15) is 22.8 Å². The largest absolute Gasteiger partial charge is 0.471 e. The summed E-state index contributed by atoms with van der Waals surface area (Å²) in [6.45, 7) is 0.00218. The summed E-state index contributed by atoms with van der Waals surface area (Å²) >= 11 is 0. The van der Waals surface area contributed by atoms with Gasteiger partial charge in [0.1, 0.15) is 0 Å². The van der Waals surface area contributed by atoms with Crippen LogP contribution in [0, 0.1) is 5.92 Å². The van der Waals surface area contributed by atoms with Crippen molar-refractivity contribution in [2.24, 2.45) is 5.92 Å². The molecule has 22 heavy (non-hydrogen) atoms. The Morgan fingerprint density at radius 3 is 1.95 bits per heavy atom. The van der Waals surface area contributed by atoms with E-state index in [1.165, 1.54) is 12.8 Å². The van der Waals surface area contributed by atoms with E-state index in [-0.39, 0.29) is 31.0 Å². The van der Waals surface area contributed by atoms with Gasteiger partial charge in [-0.3, -0.25) is 9.59 Å². The van der Waals surface area contributed by atoms with E-state index in [2.05, 4.69) is 5.32 Å². The van der Waals surface area contributed by atoms with Crippen LogP contribution in [0.5, 0.6) is 0 Å². The second-order valence-corrected chi connectivity index (χ2v) is 6.26. The third-order valence-corrected chi connectivity index (χ3v) is 4.60. The maximum Gasteiger partial charge on any atom is 0.471 e. The molecule has 0 radical (unpaired) electrons. The zero-order valence-corrected chi connectivity index (χ0v) is 12.6. The van der Waals surface area contributed by atoms with Crippen molar-refractivity contribution in [3.63, 3.8) is 0 Å². The monoisotopic (exact) mass is 320 g/mol. The molecule has 1 saturated carbocycles. The molecule has 2 fully saturated rings. The molecule has 1 saturated heterocycles. The summed E-state index contributed by atoms with van der Waals surface area (Å²) in [4.78, 5) is 24.2. The number of nitrogens with zero attached hydrogens (tertiary/aromatic N) is 1. The van der Waals surface area contributed by atoms with Crippen LogP contribution in [0.15, 0.2) is 0 Å². The first-order valence-electron chi connectivity index (χ1n) is 8.04. The zero-order chi connectivity index (χ0) is 16.2. The van der Waals surface area contributed by atoms with E-state index in [1.807, 2.05) is 0 Å². The number of carbonyl (C=O) groups excluding carboxylic acids is 2. The Balaban J connectivity index is 1.78. The van der Waals surface area contributed by atoms with Crippen LogP contribution < -0.4 is 5.32 Å². The van der Waals surface area contributed by atoms with Gasteiger partial charge in [-0.15, -0.1) is 0 Å². The Hall–Kier alpha value is -1.27. The Bertz CT molecular complexity index is 396. The SMILES string of the molecule is O=C(NC1CCCCCC1)C1CCN(C(=O)C(F)(F)F)CC1. The molecule has 1 heterocycles. The minimum Gasteiger partial charge on any atom is -0.353 e. The second-order valence-electron chi connectivity index (χ2n) is 6.26. The highest BCUT2D eigenvalue weighted by atomic mass is 19.4. The van der Waals surface area contributed by atoms with Gasteiger partial charge in [-0.25, -0.2) is 0 Å². The van der Waals surface area contributed by atoms with E-state index in [4.69, 9.17) is 0 Å². The van der Waals surface area contributed by atoms with Gasteiger partial charge in [0.15, 0.2) is 0 Å². The van der Waals surface area contributed by atoms with E-state index in [0.29, 0.717) is 12.8 Å². The maximum absolute atomic E-state index is 12.4. The highest BCUT2D eigenvalue weighted by molar-refractivity contribution is 5.83. The van der Waals surface area contributed by atoms with Crippen molar-refractivity contribution in [3.8, 4) is 0 Å². The van der Waals surface area contributed by atoms with Gasteiger partial charge >= 0.3 is 12.1 Å². The third-order valence-electron chi connectivity index (χ3n) is 4.60. The number of amides is 2. The molecule has 0 spiro atoms. The van der Waals surface area contributed by atoms with Crippen LogP contribution in [0.25, 0.3) is 0 Å². The molecule has 0 atom stereocenters. The van der Waals surface area contributed by atoms with Crippen molar-refractivity contribution in [1.82, 2.24) is 10.2 Å². The van der Waals surface area contributed by atoms with Crippen molar-refractivity contribution in [2.75, 3.05) is 13.1 Å². The predicted octanol–water partition coefficient (Wildman–Crippen LogP) is 2.63. The van der Waals surface area contributed by atoms with Crippen LogP contribution in [0.4, 0.5) is 13.2 Å². The second kappa shape index (κ2) is 7.33. The molecule has 7 heteroatoms. The zero-order valence-electron chi connectivity index (χ0n) is 12.6. The standard InChI is InChI=1S/C15H23F3N2O2/c16-15(17,18)14(22)20-9-7-11(8-10-20)13(21)19-12-5-3-1-2-4-6-12/h11-12H,1-10H2,(H,19,21). The van der Waals surface area contributed by atoms with Gasteiger partial charge in [0.05, 0.1) is 0 Å². The number of hydrogen-bond acceptors (Lipinski definition) is 2. The van der Waals surface area contributed by atoms with Gasteiger partial charge in [0.2, 0.25) is 5.91 Å². The summed E-state index contributed by atoms with van der Waals surface area (Å²) in [7, 11) is 0. The first-order valence-corrected chi connectivity index (χ1v) is 8.04. The number of piperidine rings is 1.